The van der Waals surface area contributed by atoms with E-state index < -0.39 is 11.9 Å². The van der Waals surface area contributed by atoms with Crippen LogP contribution in [0.4, 0.5) is 19.0 Å². The maximum absolute atomic E-state index is 12.8. The molecule has 0 fully saturated rings. The zero-order chi connectivity index (χ0) is 13.5. The summed E-state index contributed by atoms with van der Waals surface area (Å²) < 4.78 is 39.5. The molecule has 1 N–H and O–H groups in total. The smallest absolute Gasteiger partial charge is 0.366 e. The molecule has 2 aromatic rings. The van der Waals surface area contributed by atoms with Crippen LogP contribution in [0.3, 0.4) is 0 Å². The number of hydrogen-bond donors (Lipinski definition) is 1. The highest BCUT2D eigenvalue weighted by atomic mass is 19.4. The Morgan fingerprint density at radius 2 is 2.00 bits per heavy atom. The third kappa shape index (κ3) is 2.25. The van der Waals surface area contributed by atoms with Crippen LogP contribution in [0.2, 0.25) is 0 Å². The van der Waals surface area contributed by atoms with Gasteiger partial charge in [0.1, 0.15) is 12.1 Å². The number of fused-ring (bicyclic) bond motifs is 1. The number of anilines is 1. The lowest BCUT2D eigenvalue weighted by Crippen LogP contribution is -2.19. The fourth-order valence-electron chi connectivity index (χ4n) is 2.00. The van der Waals surface area contributed by atoms with E-state index in [1.165, 1.54) is 10.8 Å². The Labute approximate surface area is 106 Å². The third-order valence-corrected chi connectivity index (χ3v) is 2.90. The molecule has 0 aliphatic heterocycles. The number of nitrogens with zero attached hydrogens (tertiary/aromatic N) is 4. The molecule has 0 unspecified atom stereocenters. The molecule has 19 heavy (non-hydrogen) atoms. The quantitative estimate of drug-likeness (QED) is 0.850. The van der Waals surface area contributed by atoms with Gasteiger partial charge >= 0.3 is 6.18 Å². The van der Waals surface area contributed by atoms with Crippen molar-refractivity contribution in [3.8, 4) is 0 Å². The van der Waals surface area contributed by atoms with Gasteiger partial charge in [-0.25, -0.2) is 4.98 Å². The van der Waals surface area contributed by atoms with Crippen molar-refractivity contribution < 1.29 is 13.2 Å². The minimum Gasteiger partial charge on any atom is -0.366 e. The Hall–Kier alpha value is -2.12. The van der Waals surface area contributed by atoms with E-state index in [2.05, 4.69) is 20.4 Å². The first-order valence-electron chi connectivity index (χ1n) is 5.73. The van der Waals surface area contributed by atoms with Gasteiger partial charge in [0.25, 0.3) is 5.78 Å². The van der Waals surface area contributed by atoms with E-state index in [9.17, 15) is 13.2 Å². The van der Waals surface area contributed by atoms with Crippen molar-refractivity contribution in [3.63, 3.8) is 0 Å². The van der Waals surface area contributed by atoms with Crippen molar-refractivity contribution in [2.75, 3.05) is 5.32 Å². The summed E-state index contributed by atoms with van der Waals surface area (Å²) in [6.45, 7) is 0. The predicted molar refractivity (Wildman–Crippen MR) is 61.6 cm³/mol. The minimum atomic E-state index is -4.50. The molecule has 0 atom stereocenters. The molecule has 0 spiro atoms. The standard InChI is InChI=1S/C11H10F3N5/c12-11(13,14)8-5-9(17-7-3-1-2-4-7)19-10(18-8)15-6-16-19/h1-2,5-7,17H,3-4H2. The summed E-state index contributed by atoms with van der Waals surface area (Å²) in [6, 6.07) is 1.04. The van der Waals surface area contributed by atoms with Gasteiger partial charge in [-0.2, -0.15) is 27.8 Å². The van der Waals surface area contributed by atoms with E-state index in [0.29, 0.717) is 0 Å². The van der Waals surface area contributed by atoms with Gasteiger partial charge in [0.15, 0.2) is 5.69 Å². The Kier molecular flexibility index (Phi) is 2.65. The molecule has 0 amide bonds. The van der Waals surface area contributed by atoms with E-state index in [-0.39, 0.29) is 17.6 Å². The minimum absolute atomic E-state index is 0.0664. The van der Waals surface area contributed by atoms with E-state index in [0.717, 1.165) is 18.9 Å². The summed E-state index contributed by atoms with van der Waals surface area (Å²) in [6.07, 6.45) is 2.21. The van der Waals surface area contributed by atoms with Crippen LogP contribution in [-0.4, -0.2) is 25.6 Å². The van der Waals surface area contributed by atoms with Crippen LogP contribution >= 0.6 is 0 Å². The molecular weight excluding hydrogens is 259 g/mol. The lowest BCUT2D eigenvalue weighted by atomic mass is 10.2. The maximum Gasteiger partial charge on any atom is 0.433 e. The molecule has 8 heteroatoms. The molecule has 0 aromatic carbocycles. The monoisotopic (exact) mass is 269 g/mol. The zero-order valence-electron chi connectivity index (χ0n) is 9.72. The summed E-state index contributed by atoms with van der Waals surface area (Å²) >= 11 is 0. The van der Waals surface area contributed by atoms with E-state index in [4.69, 9.17) is 0 Å². The first-order chi connectivity index (χ1) is 9.04. The molecule has 1 aliphatic rings. The van der Waals surface area contributed by atoms with Crippen LogP contribution in [0.1, 0.15) is 18.5 Å². The first kappa shape index (κ1) is 11.9. The number of nitrogens with one attached hydrogen (secondary N) is 1. The molecule has 100 valence electrons. The molecule has 3 rings (SSSR count). The Morgan fingerprint density at radius 3 is 2.68 bits per heavy atom. The molecule has 2 heterocycles. The molecule has 0 radical (unpaired) electrons. The molecule has 0 bridgehead atoms. The molecular formula is C11H10F3N5. The summed E-state index contributed by atoms with van der Waals surface area (Å²) in [5.41, 5.74) is -0.971. The Morgan fingerprint density at radius 1 is 1.26 bits per heavy atom. The molecule has 2 aromatic heterocycles. The van der Waals surface area contributed by atoms with Gasteiger partial charge in [0.2, 0.25) is 0 Å². The van der Waals surface area contributed by atoms with E-state index in [1.54, 1.807) is 0 Å². The summed E-state index contributed by atoms with van der Waals surface area (Å²) in [5.74, 6) is 0.187. The molecule has 1 aliphatic carbocycles. The average Bonchev–Trinajstić information content (AvgIpc) is 2.97. The highest BCUT2D eigenvalue weighted by Gasteiger charge is 2.34. The normalized spacial score (nSPS) is 16.4. The van der Waals surface area contributed by atoms with Crippen LogP contribution in [0.25, 0.3) is 5.78 Å². The topological polar surface area (TPSA) is 55.1 Å². The van der Waals surface area contributed by atoms with Crippen molar-refractivity contribution in [3.05, 3.63) is 30.2 Å². The fourth-order valence-corrected chi connectivity index (χ4v) is 2.00. The van der Waals surface area contributed by atoms with Crippen molar-refractivity contribution in [2.24, 2.45) is 0 Å². The Balaban J connectivity index is 2.02. The van der Waals surface area contributed by atoms with Gasteiger partial charge in [-0.1, -0.05) is 12.2 Å². The molecule has 0 saturated heterocycles. The van der Waals surface area contributed by atoms with Crippen LogP contribution in [0.5, 0.6) is 0 Å². The summed E-state index contributed by atoms with van der Waals surface area (Å²) in [4.78, 5) is 7.16. The second-order valence-electron chi connectivity index (χ2n) is 4.28. The highest BCUT2D eigenvalue weighted by molar-refractivity contribution is 5.46. The largest absolute Gasteiger partial charge is 0.433 e. The SMILES string of the molecule is FC(F)(F)c1cc(NC2CC=CC2)n2ncnc2n1. The average molecular weight is 269 g/mol. The lowest BCUT2D eigenvalue weighted by molar-refractivity contribution is -0.141. The van der Waals surface area contributed by atoms with E-state index in [1.807, 2.05) is 12.2 Å². The summed E-state index contributed by atoms with van der Waals surface area (Å²) in [5, 5.41) is 6.92. The summed E-state index contributed by atoms with van der Waals surface area (Å²) in [7, 11) is 0. The van der Waals surface area contributed by atoms with Crippen LogP contribution in [0.15, 0.2) is 24.5 Å². The fraction of sp³-hybridized carbons (Fsp3) is 0.364. The van der Waals surface area contributed by atoms with Gasteiger partial charge in [-0.05, 0) is 12.8 Å². The van der Waals surface area contributed by atoms with E-state index >= 15 is 0 Å². The highest BCUT2D eigenvalue weighted by Crippen LogP contribution is 2.30. The first-order valence-corrected chi connectivity index (χ1v) is 5.73. The van der Waals surface area contributed by atoms with Crippen molar-refractivity contribution >= 4 is 11.6 Å². The number of hydrogen-bond acceptors (Lipinski definition) is 4. The number of aromatic nitrogens is 4. The Bertz CT molecular complexity index is 623. The van der Waals surface area contributed by atoms with Gasteiger partial charge in [0.05, 0.1) is 0 Å². The van der Waals surface area contributed by atoms with Crippen molar-refractivity contribution in [1.82, 2.24) is 19.6 Å². The van der Waals surface area contributed by atoms with Crippen LogP contribution < -0.4 is 5.32 Å². The van der Waals surface area contributed by atoms with Crippen molar-refractivity contribution in [1.29, 1.82) is 0 Å². The van der Waals surface area contributed by atoms with Crippen LogP contribution in [0, 0.1) is 0 Å². The zero-order valence-corrected chi connectivity index (χ0v) is 9.72. The van der Waals surface area contributed by atoms with Gasteiger partial charge in [-0.15, -0.1) is 0 Å². The van der Waals surface area contributed by atoms with Gasteiger partial charge < -0.3 is 5.32 Å². The van der Waals surface area contributed by atoms with Crippen molar-refractivity contribution in [2.45, 2.75) is 25.1 Å². The maximum atomic E-state index is 12.8. The molecule has 5 nitrogen and oxygen atoms in total. The predicted octanol–water partition coefficient (Wildman–Crippen LogP) is 2.27. The van der Waals surface area contributed by atoms with Crippen LogP contribution in [-0.2, 0) is 6.18 Å². The second-order valence-corrected chi connectivity index (χ2v) is 4.28. The van der Waals surface area contributed by atoms with Gasteiger partial charge in [0, 0.05) is 12.1 Å². The number of alkyl halides is 3. The lowest BCUT2D eigenvalue weighted by Gasteiger charge is -2.15. The second kappa shape index (κ2) is 4.22. The number of halogens is 3. The third-order valence-electron chi connectivity index (χ3n) is 2.90. The van der Waals surface area contributed by atoms with Gasteiger partial charge in [-0.3, -0.25) is 0 Å². The number of rotatable bonds is 2. The molecule has 0 saturated carbocycles.